The van der Waals surface area contributed by atoms with Crippen molar-refractivity contribution in [2.24, 2.45) is 0 Å². The molecule has 0 aliphatic heterocycles. The molecule has 4 rings (SSSR count). The summed E-state index contributed by atoms with van der Waals surface area (Å²) in [6.07, 6.45) is 2.43. The van der Waals surface area contributed by atoms with Crippen LogP contribution in [0.15, 0.2) is 48.5 Å². The van der Waals surface area contributed by atoms with Gasteiger partial charge in [0.2, 0.25) is 0 Å². The number of anilines is 1. The molecule has 144 valence electrons. The topological polar surface area (TPSA) is 56.1 Å². The lowest BCUT2D eigenvalue weighted by atomic mass is 10.2. The lowest BCUT2D eigenvalue weighted by Gasteiger charge is -2.07. The van der Waals surface area contributed by atoms with Crippen LogP contribution in [0.4, 0.5) is 18.9 Å². The van der Waals surface area contributed by atoms with Crippen LogP contribution in [-0.4, -0.2) is 22.3 Å². The quantitative estimate of drug-likeness (QED) is 0.708. The van der Waals surface area contributed by atoms with E-state index in [1.54, 1.807) is 16.8 Å². The van der Waals surface area contributed by atoms with Gasteiger partial charge < -0.3 is 10.1 Å². The van der Waals surface area contributed by atoms with E-state index in [1.165, 1.54) is 36.4 Å². The fraction of sp³-hybridized carbons (Fsp3) is 0.200. The van der Waals surface area contributed by atoms with Gasteiger partial charge in [-0.15, -0.1) is 0 Å². The van der Waals surface area contributed by atoms with Crippen LogP contribution in [0, 0.1) is 5.82 Å². The zero-order valence-corrected chi connectivity index (χ0v) is 14.7. The highest BCUT2D eigenvalue weighted by molar-refractivity contribution is 6.04. The van der Waals surface area contributed by atoms with Gasteiger partial charge in [0.15, 0.2) is 5.69 Å². The smallest absolute Gasteiger partial charge is 0.387 e. The van der Waals surface area contributed by atoms with Crippen molar-refractivity contribution in [2.75, 3.05) is 5.32 Å². The van der Waals surface area contributed by atoms with Crippen LogP contribution in [0.1, 0.15) is 28.2 Å². The summed E-state index contributed by atoms with van der Waals surface area (Å²) in [7, 11) is 0. The Bertz CT molecular complexity index is 999. The first-order valence-corrected chi connectivity index (χ1v) is 8.74. The fourth-order valence-electron chi connectivity index (χ4n) is 3.33. The summed E-state index contributed by atoms with van der Waals surface area (Å²) in [5.74, 6) is -0.721. The number of carbonyl (C=O) groups is 1. The van der Waals surface area contributed by atoms with E-state index >= 15 is 0 Å². The van der Waals surface area contributed by atoms with Gasteiger partial charge in [-0.25, -0.2) is 9.07 Å². The standard InChI is InChI=1S/C20H16F3N3O2/c21-12-4-8-14(9-5-12)26-17-3-1-2-16(17)18(25-26)19(27)24-13-6-10-15(11-7-13)28-20(22)23/h4-11,20H,1-3H2,(H,24,27). The van der Waals surface area contributed by atoms with Gasteiger partial charge in [0.05, 0.1) is 5.69 Å². The Balaban J connectivity index is 1.58. The Morgan fingerprint density at radius 1 is 1.07 bits per heavy atom. The van der Waals surface area contributed by atoms with E-state index in [1.807, 2.05) is 0 Å². The number of hydrogen-bond donors (Lipinski definition) is 1. The number of halogens is 3. The van der Waals surface area contributed by atoms with Crippen molar-refractivity contribution in [1.82, 2.24) is 9.78 Å². The Hall–Kier alpha value is -3.29. The first-order valence-electron chi connectivity index (χ1n) is 8.74. The number of aromatic nitrogens is 2. The molecule has 3 aromatic rings. The Labute approximate surface area is 158 Å². The van der Waals surface area contributed by atoms with Crippen LogP contribution in [-0.2, 0) is 12.8 Å². The molecule has 1 aliphatic carbocycles. The van der Waals surface area contributed by atoms with E-state index in [4.69, 9.17) is 0 Å². The van der Waals surface area contributed by atoms with Gasteiger partial charge in [-0.3, -0.25) is 4.79 Å². The van der Waals surface area contributed by atoms with E-state index in [2.05, 4.69) is 15.2 Å². The second-order valence-corrected chi connectivity index (χ2v) is 6.37. The van der Waals surface area contributed by atoms with Gasteiger partial charge in [-0.2, -0.15) is 13.9 Å². The summed E-state index contributed by atoms with van der Waals surface area (Å²) in [5.41, 5.74) is 3.25. The zero-order valence-electron chi connectivity index (χ0n) is 14.7. The molecular weight excluding hydrogens is 371 g/mol. The third kappa shape index (κ3) is 3.58. The van der Waals surface area contributed by atoms with Crippen LogP contribution in [0.2, 0.25) is 0 Å². The molecule has 1 aromatic heterocycles. The second-order valence-electron chi connectivity index (χ2n) is 6.37. The van der Waals surface area contributed by atoms with Gasteiger partial charge in [-0.05, 0) is 67.8 Å². The van der Waals surface area contributed by atoms with Crippen molar-refractivity contribution in [1.29, 1.82) is 0 Å². The second kappa shape index (κ2) is 7.38. The first kappa shape index (κ1) is 18.1. The summed E-state index contributed by atoms with van der Waals surface area (Å²) in [6, 6.07) is 11.6. The molecule has 0 atom stereocenters. The summed E-state index contributed by atoms with van der Waals surface area (Å²) >= 11 is 0. The highest BCUT2D eigenvalue weighted by Gasteiger charge is 2.27. The Morgan fingerprint density at radius 2 is 1.79 bits per heavy atom. The number of nitrogens with zero attached hydrogens (tertiary/aromatic N) is 2. The average molecular weight is 387 g/mol. The van der Waals surface area contributed by atoms with Gasteiger partial charge in [-0.1, -0.05) is 0 Å². The molecule has 0 unspecified atom stereocenters. The normalized spacial score (nSPS) is 12.9. The Kier molecular flexibility index (Phi) is 4.77. The van der Waals surface area contributed by atoms with E-state index in [-0.39, 0.29) is 17.5 Å². The van der Waals surface area contributed by atoms with Crippen molar-refractivity contribution in [2.45, 2.75) is 25.9 Å². The minimum Gasteiger partial charge on any atom is -0.435 e. The van der Waals surface area contributed by atoms with Crippen molar-refractivity contribution in [3.8, 4) is 11.4 Å². The zero-order chi connectivity index (χ0) is 19.7. The van der Waals surface area contributed by atoms with E-state index < -0.39 is 6.61 Å². The molecule has 0 fully saturated rings. The fourth-order valence-corrected chi connectivity index (χ4v) is 3.33. The molecule has 2 aromatic carbocycles. The third-order valence-electron chi connectivity index (χ3n) is 4.55. The lowest BCUT2D eigenvalue weighted by molar-refractivity contribution is -0.0498. The molecule has 0 spiro atoms. The number of carbonyl (C=O) groups excluding carboxylic acids is 1. The number of rotatable bonds is 5. The molecule has 1 amide bonds. The van der Waals surface area contributed by atoms with Crippen LogP contribution >= 0.6 is 0 Å². The maximum Gasteiger partial charge on any atom is 0.387 e. The molecule has 0 saturated carbocycles. The molecule has 8 heteroatoms. The van der Waals surface area contributed by atoms with Gasteiger partial charge in [0.1, 0.15) is 11.6 Å². The van der Waals surface area contributed by atoms with Gasteiger partial charge in [0, 0.05) is 16.9 Å². The molecule has 28 heavy (non-hydrogen) atoms. The number of amides is 1. The third-order valence-corrected chi connectivity index (χ3v) is 4.55. The van der Waals surface area contributed by atoms with Crippen molar-refractivity contribution < 1.29 is 22.7 Å². The monoisotopic (exact) mass is 387 g/mol. The number of nitrogens with one attached hydrogen (secondary N) is 1. The lowest BCUT2D eigenvalue weighted by Crippen LogP contribution is -2.15. The largest absolute Gasteiger partial charge is 0.435 e. The highest BCUT2D eigenvalue weighted by Crippen LogP contribution is 2.28. The van der Waals surface area contributed by atoms with E-state index in [9.17, 15) is 18.0 Å². The van der Waals surface area contributed by atoms with E-state index in [0.29, 0.717) is 17.1 Å². The van der Waals surface area contributed by atoms with Crippen LogP contribution in [0.5, 0.6) is 5.75 Å². The SMILES string of the molecule is O=C(Nc1ccc(OC(F)F)cc1)c1nn(-c2ccc(F)cc2)c2c1CCC2. The molecule has 5 nitrogen and oxygen atoms in total. The number of alkyl halides is 2. The highest BCUT2D eigenvalue weighted by atomic mass is 19.3. The molecular formula is C20H16F3N3O2. The van der Waals surface area contributed by atoms with Crippen LogP contribution in [0.3, 0.4) is 0 Å². The average Bonchev–Trinajstić information content (AvgIpc) is 3.26. The maximum absolute atomic E-state index is 13.2. The number of fused-ring (bicyclic) bond motifs is 1. The molecule has 0 bridgehead atoms. The van der Waals surface area contributed by atoms with Crippen molar-refractivity contribution in [3.05, 3.63) is 71.3 Å². The summed E-state index contributed by atoms with van der Waals surface area (Å²) < 4.78 is 43.6. The number of hydrogen-bond acceptors (Lipinski definition) is 3. The molecule has 1 heterocycles. The predicted octanol–water partition coefficient (Wildman–Crippen LogP) is 4.35. The summed E-state index contributed by atoms with van der Waals surface area (Å²) in [4.78, 5) is 12.7. The number of ether oxygens (including phenoxy) is 1. The van der Waals surface area contributed by atoms with Gasteiger partial charge >= 0.3 is 6.61 Å². The van der Waals surface area contributed by atoms with Crippen LogP contribution in [0.25, 0.3) is 5.69 Å². The summed E-state index contributed by atoms with van der Waals surface area (Å²) in [6.45, 7) is -2.90. The van der Waals surface area contributed by atoms with Crippen molar-refractivity contribution in [3.63, 3.8) is 0 Å². The molecule has 1 N–H and O–H groups in total. The Morgan fingerprint density at radius 3 is 2.46 bits per heavy atom. The van der Waals surface area contributed by atoms with Crippen LogP contribution < -0.4 is 10.1 Å². The molecule has 1 aliphatic rings. The van der Waals surface area contributed by atoms with Crippen molar-refractivity contribution >= 4 is 11.6 Å². The molecule has 0 saturated heterocycles. The predicted molar refractivity (Wildman–Crippen MR) is 96.6 cm³/mol. The number of benzene rings is 2. The molecule has 0 radical (unpaired) electrons. The minimum atomic E-state index is -2.90. The summed E-state index contributed by atoms with van der Waals surface area (Å²) in [5, 5.41) is 7.17. The maximum atomic E-state index is 13.2. The van der Waals surface area contributed by atoms with E-state index in [0.717, 1.165) is 30.5 Å². The van der Waals surface area contributed by atoms with Gasteiger partial charge in [0.25, 0.3) is 5.91 Å². The first-order chi connectivity index (χ1) is 13.5. The minimum absolute atomic E-state index is 0.00878.